The molecule has 5 heteroatoms. The van der Waals surface area contributed by atoms with Crippen molar-refractivity contribution < 1.29 is 9.53 Å². The molecule has 1 saturated heterocycles. The van der Waals surface area contributed by atoms with Crippen molar-refractivity contribution in [3.8, 4) is 5.75 Å². The van der Waals surface area contributed by atoms with Gasteiger partial charge in [-0.2, -0.15) is 0 Å². The molecule has 1 aliphatic heterocycles. The zero-order valence-electron chi connectivity index (χ0n) is 15.4. The molecule has 3 rings (SSSR count). The molecule has 1 fully saturated rings. The summed E-state index contributed by atoms with van der Waals surface area (Å²) in [5.74, 6) is 0.980. The summed E-state index contributed by atoms with van der Waals surface area (Å²) in [5.41, 5.74) is 2.37. The number of hydrogen-bond acceptors (Lipinski definition) is 4. The quantitative estimate of drug-likeness (QED) is 0.832. The molecule has 5 nitrogen and oxygen atoms in total. The first-order valence-electron chi connectivity index (χ1n) is 9.27. The van der Waals surface area contributed by atoms with Gasteiger partial charge >= 0.3 is 0 Å². The Kier molecular flexibility index (Phi) is 6.61. The highest BCUT2D eigenvalue weighted by Gasteiger charge is 2.20. The van der Waals surface area contributed by atoms with E-state index in [-0.39, 0.29) is 11.9 Å². The molecule has 1 aliphatic rings. The van der Waals surface area contributed by atoms with Gasteiger partial charge in [0.15, 0.2) is 0 Å². The van der Waals surface area contributed by atoms with Crippen LogP contribution in [0.3, 0.4) is 0 Å². The molecule has 0 atom stereocenters. The summed E-state index contributed by atoms with van der Waals surface area (Å²) >= 11 is 0. The van der Waals surface area contributed by atoms with Crippen LogP contribution < -0.4 is 10.1 Å². The van der Waals surface area contributed by atoms with Crippen molar-refractivity contribution in [3.05, 3.63) is 59.9 Å². The average molecular weight is 353 g/mol. The second-order valence-electron chi connectivity index (χ2n) is 6.79. The van der Waals surface area contributed by atoms with Gasteiger partial charge < -0.3 is 10.1 Å². The van der Waals surface area contributed by atoms with Gasteiger partial charge in [-0.1, -0.05) is 18.2 Å². The van der Waals surface area contributed by atoms with Gasteiger partial charge in [-0.25, -0.2) is 0 Å². The average Bonchev–Trinajstić information content (AvgIpc) is 2.69. The summed E-state index contributed by atoms with van der Waals surface area (Å²) < 4.78 is 5.35. The van der Waals surface area contributed by atoms with Gasteiger partial charge in [-0.15, -0.1) is 0 Å². The lowest BCUT2D eigenvalue weighted by Gasteiger charge is -2.32. The number of piperidine rings is 1. The highest BCUT2D eigenvalue weighted by Crippen LogP contribution is 2.19. The molecular formula is C21H27N3O2. The third-order valence-electron chi connectivity index (χ3n) is 4.92. The van der Waals surface area contributed by atoms with Crippen LogP contribution in [0.5, 0.6) is 5.75 Å². The third-order valence-corrected chi connectivity index (χ3v) is 4.92. The minimum absolute atomic E-state index is 0.128. The Morgan fingerprint density at radius 3 is 2.65 bits per heavy atom. The van der Waals surface area contributed by atoms with E-state index < -0.39 is 0 Å². The molecule has 138 valence electrons. The summed E-state index contributed by atoms with van der Waals surface area (Å²) in [7, 11) is 1.67. The van der Waals surface area contributed by atoms with Crippen molar-refractivity contribution in [2.24, 2.45) is 0 Å². The number of aromatic nitrogens is 1. The molecule has 1 N–H and O–H groups in total. The summed E-state index contributed by atoms with van der Waals surface area (Å²) in [5, 5.41) is 3.19. The number of pyridine rings is 1. The zero-order valence-corrected chi connectivity index (χ0v) is 15.4. The molecule has 26 heavy (non-hydrogen) atoms. The van der Waals surface area contributed by atoms with Gasteiger partial charge in [0, 0.05) is 44.5 Å². The van der Waals surface area contributed by atoms with Crippen molar-refractivity contribution in [2.45, 2.75) is 38.3 Å². The number of nitrogens with zero attached hydrogens (tertiary/aromatic N) is 2. The van der Waals surface area contributed by atoms with E-state index in [1.165, 1.54) is 5.56 Å². The first-order chi connectivity index (χ1) is 12.7. The number of carbonyl (C=O) groups is 1. The van der Waals surface area contributed by atoms with E-state index in [2.05, 4.69) is 27.3 Å². The number of para-hydroxylation sites is 1. The highest BCUT2D eigenvalue weighted by molar-refractivity contribution is 5.76. The van der Waals surface area contributed by atoms with Crippen molar-refractivity contribution in [3.63, 3.8) is 0 Å². The number of likely N-dealkylation sites (tertiary alicyclic amines) is 1. The van der Waals surface area contributed by atoms with Gasteiger partial charge in [0.1, 0.15) is 5.75 Å². The van der Waals surface area contributed by atoms with Crippen LogP contribution in [0.25, 0.3) is 0 Å². The Bertz CT molecular complexity index is 697. The third kappa shape index (κ3) is 5.30. The summed E-state index contributed by atoms with van der Waals surface area (Å²) in [6.45, 7) is 2.98. The van der Waals surface area contributed by atoms with Crippen LogP contribution >= 0.6 is 0 Å². The SMILES string of the molecule is COc1ccccc1CCC(=O)NC1CCN(Cc2ccncc2)CC1. The maximum Gasteiger partial charge on any atom is 0.220 e. The van der Waals surface area contributed by atoms with Crippen LogP contribution in [0.4, 0.5) is 0 Å². The molecule has 0 saturated carbocycles. The number of carbonyl (C=O) groups excluding carboxylic acids is 1. The standard InChI is InChI=1S/C21H27N3O2/c1-26-20-5-3-2-4-18(20)6-7-21(25)23-19-10-14-24(15-11-19)16-17-8-12-22-13-9-17/h2-5,8-9,12-13,19H,6-7,10-11,14-16H2,1H3,(H,23,25). The molecule has 0 radical (unpaired) electrons. The van der Waals surface area contributed by atoms with E-state index in [9.17, 15) is 4.79 Å². The molecule has 1 aromatic carbocycles. The van der Waals surface area contributed by atoms with E-state index in [1.807, 2.05) is 36.7 Å². The van der Waals surface area contributed by atoms with Crippen molar-refractivity contribution in [1.82, 2.24) is 15.2 Å². The first kappa shape index (κ1) is 18.4. The maximum absolute atomic E-state index is 12.3. The second-order valence-corrected chi connectivity index (χ2v) is 6.79. The predicted octanol–water partition coefficient (Wildman–Crippen LogP) is 2.80. The molecule has 0 unspecified atom stereocenters. The van der Waals surface area contributed by atoms with Crippen LogP contribution in [0.15, 0.2) is 48.8 Å². The normalized spacial score (nSPS) is 15.6. The van der Waals surface area contributed by atoms with Crippen molar-refractivity contribution in [2.75, 3.05) is 20.2 Å². The van der Waals surface area contributed by atoms with Gasteiger partial charge in [0.05, 0.1) is 7.11 Å². The Morgan fingerprint density at radius 1 is 1.19 bits per heavy atom. The first-order valence-corrected chi connectivity index (χ1v) is 9.27. The molecule has 1 amide bonds. The Balaban J connectivity index is 1.39. The maximum atomic E-state index is 12.3. The lowest BCUT2D eigenvalue weighted by Crippen LogP contribution is -2.44. The fourth-order valence-corrected chi connectivity index (χ4v) is 3.44. The summed E-state index contributed by atoms with van der Waals surface area (Å²) in [4.78, 5) is 18.8. The Morgan fingerprint density at radius 2 is 1.92 bits per heavy atom. The zero-order chi connectivity index (χ0) is 18.2. The molecule has 0 spiro atoms. The minimum Gasteiger partial charge on any atom is -0.496 e. The van der Waals surface area contributed by atoms with Crippen LogP contribution in [-0.2, 0) is 17.8 Å². The second kappa shape index (κ2) is 9.34. The van der Waals surface area contributed by atoms with Crippen LogP contribution in [0, 0.1) is 0 Å². The van der Waals surface area contributed by atoms with E-state index in [0.29, 0.717) is 12.8 Å². The van der Waals surface area contributed by atoms with Gasteiger partial charge in [0.25, 0.3) is 0 Å². The van der Waals surface area contributed by atoms with E-state index in [0.717, 1.165) is 43.8 Å². The number of aryl methyl sites for hydroxylation is 1. The summed E-state index contributed by atoms with van der Waals surface area (Å²) in [6.07, 6.45) is 6.89. The predicted molar refractivity (Wildman–Crippen MR) is 102 cm³/mol. The van der Waals surface area contributed by atoms with Crippen molar-refractivity contribution in [1.29, 1.82) is 0 Å². The molecule has 0 aliphatic carbocycles. The molecule has 1 aromatic heterocycles. The van der Waals surface area contributed by atoms with E-state index in [1.54, 1.807) is 7.11 Å². The number of amides is 1. The van der Waals surface area contributed by atoms with Gasteiger partial charge in [0.2, 0.25) is 5.91 Å². The minimum atomic E-state index is 0.128. The van der Waals surface area contributed by atoms with Crippen LogP contribution in [0.1, 0.15) is 30.4 Å². The van der Waals surface area contributed by atoms with E-state index >= 15 is 0 Å². The fraction of sp³-hybridized carbons (Fsp3) is 0.429. The number of benzene rings is 1. The largest absolute Gasteiger partial charge is 0.496 e. The van der Waals surface area contributed by atoms with Crippen molar-refractivity contribution >= 4 is 5.91 Å². The number of rotatable bonds is 7. The fourth-order valence-electron chi connectivity index (χ4n) is 3.44. The highest BCUT2D eigenvalue weighted by atomic mass is 16.5. The number of nitrogens with one attached hydrogen (secondary N) is 1. The Hall–Kier alpha value is -2.40. The van der Waals surface area contributed by atoms with Gasteiger partial charge in [-0.05, 0) is 48.6 Å². The van der Waals surface area contributed by atoms with Crippen LogP contribution in [-0.4, -0.2) is 42.0 Å². The molecular weight excluding hydrogens is 326 g/mol. The summed E-state index contributed by atoms with van der Waals surface area (Å²) in [6, 6.07) is 12.3. The molecule has 0 bridgehead atoms. The molecule has 2 aromatic rings. The topological polar surface area (TPSA) is 54.5 Å². The number of ether oxygens (including phenoxy) is 1. The molecule has 2 heterocycles. The smallest absolute Gasteiger partial charge is 0.220 e. The van der Waals surface area contributed by atoms with E-state index in [4.69, 9.17) is 4.74 Å². The lowest BCUT2D eigenvalue weighted by molar-refractivity contribution is -0.122. The number of methoxy groups -OCH3 is 1. The van der Waals surface area contributed by atoms with Gasteiger partial charge in [-0.3, -0.25) is 14.7 Å². The van der Waals surface area contributed by atoms with Crippen LogP contribution in [0.2, 0.25) is 0 Å². The Labute approximate surface area is 155 Å². The lowest BCUT2D eigenvalue weighted by atomic mass is 10.0. The monoisotopic (exact) mass is 353 g/mol. The number of hydrogen-bond donors (Lipinski definition) is 1.